The van der Waals surface area contributed by atoms with E-state index < -0.39 is 28.8 Å². The van der Waals surface area contributed by atoms with Gasteiger partial charge in [0.1, 0.15) is 17.3 Å². The molecule has 0 unspecified atom stereocenters. The van der Waals surface area contributed by atoms with Gasteiger partial charge in [-0.25, -0.2) is 4.98 Å². The summed E-state index contributed by atoms with van der Waals surface area (Å²) in [5.74, 6) is -2.53. The van der Waals surface area contributed by atoms with Crippen molar-refractivity contribution in [2.24, 2.45) is 5.92 Å². The van der Waals surface area contributed by atoms with Gasteiger partial charge in [0.2, 0.25) is 0 Å². The predicted octanol–water partition coefficient (Wildman–Crippen LogP) is 2.07. The zero-order valence-electron chi connectivity index (χ0n) is 15.7. The first kappa shape index (κ1) is 19.8. The van der Waals surface area contributed by atoms with E-state index in [2.05, 4.69) is 4.98 Å². The van der Waals surface area contributed by atoms with Crippen molar-refractivity contribution < 1.29 is 19.1 Å². The van der Waals surface area contributed by atoms with Gasteiger partial charge in [-0.05, 0) is 12.8 Å². The summed E-state index contributed by atoms with van der Waals surface area (Å²) in [7, 11) is 1.57. The van der Waals surface area contributed by atoms with Crippen LogP contribution in [0.1, 0.15) is 36.0 Å². The molecule has 1 heterocycles. The Kier molecular flexibility index (Phi) is 6.26. The molecule has 1 saturated carbocycles. The van der Waals surface area contributed by atoms with Crippen LogP contribution in [0, 0.1) is 5.92 Å². The van der Waals surface area contributed by atoms with Crippen molar-refractivity contribution in [2.45, 2.75) is 32.2 Å². The van der Waals surface area contributed by atoms with Gasteiger partial charge in [0.25, 0.3) is 5.56 Å². The van der Waals surface area contributed by atoms with E-state index in [9.17, 15) is 19.2 Å². The minimum Gasteiger partial charge on any atom is -0.385 e. The highest BCUT2D eigenvalue weighted by Crippen LogP contribution is 2.21. The molecule has 7 nitrogen and oxygen atoms in total. The fourth-order valence-corrected chi connectivity index (χ4v) is 3.41. The van der Waals surface area contributed by atoms with Gasteiger partial charge in [-0.2, -0.15) is 0 Å². The third-order valence-corrected chi connectivity index (χ3v) is 4.83. The number of carbonyl (C=O) groups is 3. The summed E-state index contributed by atoms with van der Waals surface area (Å²) < 4.78 is 6.47. The number of methoxy groups -OCH3 is 1. The Morgan fingerprint density at radius 2 is 1.82 bits per heavy atom. The van der Waals surface area contributed by atoms with Gasteiger partial charge in [-0.3, -0.25) is 23.7 Å². The summed E-state index contributed by atoms with van der Waals surface area (Å²) in [6.07, 6.45) is 2.55. The van der Waals surface area contributed by atoms with E-state index in [-0.39, 0.29) is 18.4 Å². The molecule has 2 aromatic rings. The lowest BCUT2D eigenvalue weighted by Gasteiger charge is -2.19. The van der Waals surface area contributed by atoms with Crippen molar-refractivity contribution in [3.8, 4) is 11.4 Å². The zero-order valence-corrected chi connectivity index (χ0v) is 15.7. The standard InChI is InChI=1S/C21H22N2O5/c1-28-12-6-11-23-20(14-7-3-2-4-8-14)22-13-15(21(23)27)19(26)18-16(24)9-5-10-17(18)25/h2-4,7-8,13,18H,5-6,9-12H2,1H3. The van der Waals surface area contributed by atoms with E-state index in [0.29, 0.717) is 31.8 Å². The molecule has 1 aromatic heterocycles. The number of Topliss-reactive ketones (excluding diaryl/α,β-unsaturated/α-hetero) is 3. The van der Waals surface area contributed by atoms with E-state index in [1.807, 2.05) is 30.3 Å². The Morgan fingerprint density at radius 3 is 2.46 bits per heavy atom. The van der Waals surface area contributed by atoms with Crippen molar-refractivity contribution in [1.82, 2.24) is 9.55 Å². The lowest BCUT2D eigenvalue weighted by atomic mass is 9.82. The molecule has 7 heteroatoms. The number of hydrogen-bond acceptors (Lipinski definition) is 6. The molecule has 1 aliphatic carbocycles. The summed E-state index contributed by atoms with van der Waals surface area (Å²) in [5.41, 5.74) is -0.0207. The van der Waals surface area contributed by atoms with Crippen molar-refractivity contribution in [3.63, 3.8) is 0 Å². The lowest BCUT2D eigenvalue weighted by molar-refractivity contribution is -0.133. The van der Waals surface area contributed by atoms with Crippen molar-refractivity contribution in [2.75, 3.05) is 13.7 Å². The first-order chi connectivity index (χ1) is 13.5. The number of nitrogens with zero attached hydrogens (tertiary/aromatic N) is 2. The fourth-order valence-electron chi connectivity index (χ4n) is 3.41. The van der Waals surface area contributed by atoms with Crippen LogP contribution >= 0.6 is 0 Å². The first-order valence-electron chi connectivity index (χ1n) is 9.28. The molecule has 0 radical (unpaired) electrons. The Morgan fingerprint density at radius 1 is 1.14 bits per heavy atom. The van der Waals surface area contributed by atoms with Crippen LogP contribution in [0.15, 0.2) is 41.3 Å². The van der Waals surface area contributed by atoms with Crippen LogP contribution in [-0.4, -0.2) is 40.6 Å². The monoisotopic (exact) mass is 382 g/mol. The second kappa shape index (κ2) is 8.84. The van der Waals surface area contributed by atoms with E-state index in [4.69, 9.17) is 4.74 Å². The molecule has 0 bridgehead atoms. The van der Waals surface area contributed by atoms with Gasteiger partial charge in [-0.15, -0.1) is 0 Å². The van der Waals surface area contributed by atoms with Gasteiger partial charge in [-0.1, -0.05) is 30.3 Å². The quantitative estimate of drug-likeness (QED) is 0.413. The summed E-state index contributed by atoms with van der Waals surface area (Å²) in [4.78, 5) is 54.5. The largest absolute Gasteiger partial charge is 0.385 e. The van der Waals surface area contributed by atoms with Crippen LogP contribution in [0.2, 0.25) is 0 Å². The molecule has 146 valence electrons. The molecule has 3 rings (SSSR count). The normalized spacial score (nSPS) is 15.0. The van der Waals surface area contributed by atoms with Gasteiger partial charge < -0.3 is 4.74 Å². The van der Waals surface area contributed by atoms with Crippen LogP contribution in [0.4, 0.5) is 0 Å². The summed E-state index contributed by atoms with van der Waals surface area (Å²) in [6.45, 7) is 0.746. The maximum absolute atomic E-state index is 13.1. The molecule has 0 atom stereocenters. The Labute approximate surface area is 162 Å². The Balaban J connectivity index is 2.04. The van der Waals surface area contributed by atoms with E-state index in [1.54, 1.807) is 7.11 Å². The van der Waals surface area contributed by atoms with Gasteiger partial charge in [0.05, 0.1) is 0 Å². The van der Waals surface area contributed by atoms with Gasteiger partial charge in [0, 0.05) is 44.9 Å². The van der Waals surface area contributed by atoms with E-state index in [1.165, 1.54) is 10.8 Å². The Hall–Kier alpha value is -2.93. The molecular weight excluding hydrogens is 360 g/mol. The van der Waals surface area contributed by atoms with Crippen LogP contribution in [0.25, 0.3) is 11.4 Å². The summed E-state index contributed by atoms with van der Waals surface area (Å²) in [6, 6.07) is 9.17. The van der Waals surface area contributed by atoms with Gasteiger partial charge in [0.15, 0.2) is 17.3 Å². The maximum atomic E-state index is 13.1. The van der Waals surface area contributed by atoms with Crippen molar-refractivity contribution in [1.29, 1.82) is 0 Å². The molecule has 28 heavy (non-hydrogen) atoms. The number of ketones is 3. The average Bonchev–Trinajstić information content (AvgIpc) is 2.69. The highest BCUT2D eigenvalue weighted by molar-refractivity contribution is 6.24. The molecule has 0 N–H and O–H groups in total. The lowest BCUT2D eigenvalue weighted by Crippen LogP contribution is -2.39. The predicted molar refractivity (Wildman–Crippen MR) is 102 cm³/mol. The highest BCUT2D eigenvalue weighted by atomic mass is 16.5. The van der Waals surface area contributed by atoms with Crippen LogP contribution < -0.4 is 5.56 Å². The second-order valence-electron chi connectivity index (χ2n) is 6.75. The number of rotatable bonds is 7. The third-order valence-electron chi connectivity index (χ3n) is 4.83. The first-order valence-corrected chi connectivity index (χ1v) is 9.28. The van der Waals surface area contributed by atoms with Crippen LogP contribution in [-0.2, 0) is 20.9 Å². The van der Waals surface area contributed by atoms with Crippen molar-refractivity contribution in [3.05, 3.63) is 52.4 Å². The zero-order chi connectivity index (χ0) is 20.1. The molecule has 1 aromatic carbocycles. The smallest absolute Gasteiger partial charge is 0.264 e. The molecule has 0 spiro atoms. The Bertz CT molecular complexity index is 933. The maximum Gasteiger partial charge on any atom is 0.264 e. The second-order valence-corrected chi connectivity index (χ2v) is 6.75. The van der Waals surface area contributed by atoms with E-state index in [0.717, 1.165) is 5.56 Å². The SMILES string of the molecule is COCCCn1c(-c2ccccc2)ncc(C(=O)C2C(=O)CCCC2=O)c1=O. The summed E-state index contributed by atoms with van der Waals surface area (Å²) in [5, 5.41) is 0. The molecule has 0 amide bonds. The molecule has 0 aliphatic heterocycles. The number of carbonyl (C=O) groups excluding carboxylic acids is 3. The fraction of sp³-hybridized carbons (Fsp3) is 0.381. The van der Waals surface area contributed by atoms with Gasteiger partial charge >= 0.3 is 0 Å². The average molecular weight is 382 g/mol. The summed E-state index contributed by atoms with van der Waals surface area (Å²) >= 11 is 0. The van der Waals surface area contributed by atoms with Crippen LogP contribution in [0.5, 0.6) is 0 Å². The number of aromatic nitrogens is 2. The number of hydrogen-bond donors (Lipinski definition) is 0. The minimum atomic E-state index is -1.38. The third kappa shape index (κ3) is 3.99. The molecule has 0 saturated heterocycles. The number of benzene rings is 1. The van der Waals surface area contributed by atoms with Crippen LogP contribution in [0.3, 0.4) is 0 Å². The van der Waals surface area contributed by atoms with E-state index >= 15 is 0 Å². The molecular formula is C21H22N2O5. The highest BCUT2D eigenvalue weighted by Gasteiger charge is 2.38. The van der Waals surface area contributed by atoms with Crippen molar-refractivity contribution >= 4 is 17.3 Å². The molecule has 1 fully saturated rings. The minimum absolute atomic E-state index is 0.180. The molecule has 1 aliphatic rings. The topological polar surface area (TPSA) is 95.3 Å². The number of ether oxygens (including phenoxy) is 1.